The van der Waals surface area contributed by atoms with E-state index in [4.69, 9.17) is 4.42 Å². The van der Waals surface area contributed by atoms with Crippen LogP contribution in [0, 0.1) is 10.1 Å². The van der Waals surface area contributed by atoms with E-state index >= 15 is 0 Å². The molecule has 0 unspecified atom stereocenters. The number of nitro groups is 1. The predicted octanol–water partition coefficient (Wildman–Crippen LogP) is 3.21. The minimum atomic E-state index is -0.659. The van der Waals surface area contributed by atoms with Gasteiger partial charge in [-0.2, -0.15) is 0 Å². The Bertz CT molecular complexity index is 962. The molecule has 1 aromatic carbocycles. The number of carbonyl (C=O) groups excluding carboxylic acids is 3. The normalized spacial score (nSPS) is 15.4. The predicted molar refractivity (Wildman–Crippen MR) is 94.7 cm³/mol. The quantitative estimate of drug-likeness (QED) is 0.331. The van der Waals surface area contributed by atoms with Crippen molar-refractivity contribution in [3.8, 4) is 0 Å². The van der Waals surface area contributed by atoms with Crippen molar-refractivity contribution in [2.75, 3.05) is 7.11 Å². The summed E-state index contributed by atoms with van der Waals surface area (Å²) in [7, 11) is 1.21. The van der Waals surface area contributed by atoms with Crippen molar-refractivity contribution in [1.82, 2.24) is 4.90 Å². The molecule has 0 radical (unpaired) electrons. The number of benzene rings is 1. The van der Waals surface area contributed by atoms with E-state index < -0.39 is 22.0 Å². The van der Waals surface area contributed by atoms with Crippen LogP contribution in [0.3, 0.4) is 0 Å². The number of hydrogen-bond acceptors (Lipinski definition) is 8. The van der Waals surface area contributed by atoms with E-state index in [1.165, 1.54) is 49.6 Å². The van der Waals surface area contributed by atoms with Gasteiger partial charge in [-0.15, -0.1) is 0 Å². The average molecular weight is 388 g/mol. The molecule has 0 saturated carbocycles. The highest BCUT2D eigenvalue weighted by Gasteiger charge is 2.35. The second kappa shape index (κ2) is 7.46. The molecule has 1 aliphatic rings. The van der Waals surface area contributed by atoms with E-state index in [1.54, 1.807) is 0 Å². The summed E-state index contributed by atoms with van der Waals surface area (Å²) >= 11 is 0.755. The maximum absolute atomic E-state index is 12.5. The number of carbonyl (C=O) groups is 3. The molecule has 10 heteroatoms. The molecule has 3 rings (SSSR count). The van der Waals surface area contributed by atoms with Crippen LogP contribution in [0.1, 0.15) is 21.9 Å². The molecule has 138 valence electrons. The molecule has 0 aliphatic carbocycles. The van der Waals surface area contributed by atoms with Crippen LogP contribution in [-0.2, 0) is 16.1 Å². The zero-order valence-corrected chi connectivity index (χ0v) is 14.7. The number of non-ortho nitro benzene ring substituents is 1. The molecule has 1 saturated heterocycles. The number of thioether (sulfide) groups is 1. The van der Waals surface area contributed by atoms with Crippen molar-refractivity contribution < 1.29 is 28.5 Å². The van der Waals surface area contributed by atoms with Gasteiger partial charge in [0.25, 0.3) is 16.8 Å². The number of ether oxygens (including phenoxy) is 1. The van der Waals surface area contributed by atoms with Gasteiger partial charge in [0.05, 0.1) is 23.5 Å². The third-order valence-corrected chi connectivity index (χ3v) is 4.54. The number of imide groups is 1. The minimum absolute atomic E-state index is 0.0270. The SMILES string of the molecule is COC(=O)c1ccc(CN2C(=O)SC(=Cc3ccc([N+](=O)[O-])cc3)C2=O)o1. The average Bonchev–Trinajstić information content (AvgIpc) is 3.22. The number of furan rings is 1. The van der Waals surface area contributed by atoms with Crippen LogP contribution in [0.4, 0.5) is 10.5 Å². The summed E-state index contributed by atoms with van der Waals surface area (Å²) in [5, 5.41) is 10.2. The fraction of sp³-hybridized carbons (Fsp3) is 0.118. The number of nitro benzene ring substituents is 1. The van der Waals surface area contributed by atoms with Crippen LogP contribution in [0.2, 0.25) is 0 Å². The van der Waals surface area contributed by atoms with Crippen LogP contribution in [0.5, 0.6) is 0 Å². The van der Waals surface area contributed by atoms with E-state index in [9.17, 15) is 24.5 Å². The Morgan fingerprint density at radius 1 is 1.26 bits per heavy atom. The van der Waals surface area contributed by atoms with Crippen molar-refractivity contribution in [1.29, 1.82) is 0 Å². The standard InChI is InChI=1S/C17H12N2O7S/c1-25-16(21)13-7-6-12(26-13)9-18-15(20)14(27-17(18)22)8-10-2-4-11(5-3-10)19(23)24/h2-8H,9H2,1H3. The Labute approximate surface area is 156 Å². The molecule has 2 amide bonds. The summed E-state index contributed by atoms with van der Waals surface area (Å²) in [6, 6.07) is 8.48. The van der Waals surface area contributed by atoms with Gasteiger partial charge in [0, 0.05) is 12.1 Å². The maximum Gasteiger partial charge on any atom is 0.373 e. The Balaban J connectivity index is 1.75. The van der Waals surface area contributed by atoms with Crippen LogP contribution in [0.15, 0.2) is 45.7 Å². The monoisotopic (exact) mass is 388 g/mol. The van der Waals surface area contributed by atoms with Crippen molar-refractivity contribution in [2.24, 2.45) is 0 Å². The van der Waals surface area contributed by atoms with Gasteiger partial charge in [0.1, 0.15) is 5.76 Å². The van der Waals surface area contributed by atoms with Crippen LogP contribution in [0.25, 0.3) is 6.08 Å². The number of hydrogen-bond donors (Lipinski definition) is 0. The van der Waals surface area contributed by atoms with Gasteiger partial charge in [-0.05, 0) is 47.7 Å². The lowest BCUT2D eigenvalue weighted by Gasteiger charge is -2.09. The summed E-state index contributed by atoms with van der Waals surface area (Å²) < 4.78 is 9.80. The molecule has 0 spiro atoms. The zero-order valence-electron chi connectivity index (χ0n) is 13.9. The van der Waals surface area contributed by atoms with Crippen LogP contribution >= 0.6 is 11.8 Å². The number of methoxy groups -OCH3 is 1. The largest absolute Gasteiger partial charge is 0.463 e. The summed E-state index contributed by atoms with van der Waals surface area (Å²) in [4.78, 5) is 47.3. The zero-order chi connectivity index (χ0) is 19.6. The van der Waals surface area contributed by atoms with Crippen molar-refractivity contribution in [3.63, 3.8) is 0 Å². The molecule has 0 N–H and O–H groups in total. The van der Waals surface area contributed by atoms with Gasteiger partial charge in [-0.1, -0.05) is 0 Å². The third kappa shape index (κ3) is 3.90. The Hall–Kier alpha value is -3.40. The van der Waals surface area contributed by atoms with E-state index in [1.807, 2.05) is 0 Å². The number of amides is 2. The summed E-state index contributed by atoms with van der Waals surface area (Å²) in [6.07, 6.45) is 1.48. The van der Waals surface area contributed by atoms with E-state index in [0.717, 1.165) is 16.7 Å². The van der Waals surface area contributed by atoms with Gasteiger partial charge >= 0.3 is 5.97 Å². The number of rotatable bonds is 5. The first-order valence-corrected chi connectivity index (χ1v) is 8.37. The first kappa shape index (κ1) is 18.4. The van der Waals surface area contributed by atoms with Gasteiger partial charge in [-0.25, -0.2) is 4.79 Å². The van der Waals surface area contributed by atoms with Crippen LogP contribution in [-0.4, -0.2) is 34.0 Å². The van der Waals surface area contributed by atoms with Gasteiger partial charge in [0.15, 0.2) is 0 Å². The lowest BCUT2D eigenvalue weighted by molar-refractivity contribution is -0.384. The molecule has 2 aromatic rings. The Morgan fingerprint density at radius 3 is 2.59 bits per heavy atom. The molecule has 0 atom stereocenters. The molecule has 9 nitrogen and oxygen atoms in total. The van der Waals surface area contributed by atoms with Crippen LogP contribution < -0.4 is 0 Å². The summed E-state index contributed by atoms with van der Waals surface area (Å²) in [6.45, 7) is -0.126. The second-order valence-electron chi connectivity index (χ2n) is 5.37. The second-order valence-corrected chi connectivity index (χ2v) is 6.37. The topological polar surface area (TPSA) is 120 Å². The maximum atomic E-state index is 12.5. The molecule has 27 heavy (non-hydrogen) atoms. The van der Waals surface area contributed by atoms with Crippen molar-refractivity contribution in [2.45, 2.75) is 6.54 Å². The number of esters is 1. The lowest BCUT2D eigenvalue weighted by atomic mass is 10.2. The van der Waals surface area contributed by atoms with E-state index in [2.05, 4.69) is 4.74 Å². The summed E-state index contributed by atoms with van der Waals surface area (Å²) in [5.41, 5.74) is 0.483. The molecule has 2 heterocycles. The lowest BCUT2D eigenvalue weighted by Crippen LogP contribution is -2.27. The smallest absolute Gasteiger partial charge is 0.373 e. The van der Waals surface area contributed by atoms with Gasteiger partial charge < -0.3 is 9.15 Å². The molecular formula is C17H12N2O7S. The number of nitrogens with zero attached hydrogens (tertiary/aromatic N) is 2. The molecule has 1 aromatic heterocycles. The van der Waals surface area contributed by atoms with Crippen molar-refractivity contribution >= 4 is 40.6 Å². The first-order chi connectivity index (χ1) is 12.9. The van der Waals surface area contributed by atoms with Gasteiger partial charge in [-0.3, -0.25) is 24.6 Å². The molecule has 0 bridgehead atoms. The van der Waals surface area contributed by atoms with Gasteiger partial charge in [0.2, 0.25) is 5.76 Å². The Morgan fingerprint density at radius 2 is 1.96 bits per heavy atom. The minimum Gasteiger partial charge on any atom is -0.463 e. The van der Waals surface area contributed by atoms with E-state index in [-0.39, 0.29) is 28.7 Å². The van der Waals surface area contributed by atoms with E-state index in [0.29, 0.717) is 5.56 Å². The third-order valence-electron chi connectivity index (χ3n) is 3.64. The molecular weight excluding hydrogens is 376 g/mol. The Kier molecular flexibility index (Phi) is 5.08. The highest BCUT2D eigenvalue weighted by Crippen LogP contribution is 2.33. The molecule has 1 aliphatic heterocycles. The van der Waals surface area contributed by atoms with Crippen molar-refractivity contribution in [3.05, 3.63) is 68.5 Å². The first-order valence-electron chi connectivity index (χ1n) is 7.56. The fourth-order valence-electron chi connectivity index (χ4n) is 2.31. The fourth-order valence-corrected chi connectivity index (χ4v) is 3.15. The highest BCUT2D eigenvalue weighted by molar-refractivity contribution is 8.18. The highest BCUT2D eigenvalue weighted by atomic mass is 32.2. The molecule has 1 fully saturated rings. The summed E-state index contributed by atoms with van der Waals surface area (Å²) in [5.74, 6) is -0.942.